The number of rotatable bonds is 6. The molecule has 0 bridgehead atoms. The predicted octanol–water partition coefficient (Wildman–Crippen LogP) is 4.76. The summed E-state index contributed by atoms with van der Waals surface area (Å²) in [5.41, 5.74) is -2.96. The molecule has 0 rings (SSSR count). The summed E-state index contributed by atoms with van der Waals surface area (Å²) < 4.78 is 0. The Morgan fingerprint density at radius 3 is 1.50 bits per heavy atom. The summed E-state index contributed by atoms with van der Waals surface area (Å²) in [6.07, 6.45) is -2.72. The third-order valence-corrected chi connectivity index (χ3v) is 27.5. The van der Waals surface area contributed by atoms with Crippen molar-refractivity contribution in [2.75, 3.05) is 6.54 Å². The first-order chi connectivity index (χ1) is 6.99. The second kappa shape index (κ2) is 6.85. The van der Waals surface area contributed by atoms with Gasteiger partial charge in [0.2, 0.25) is 0 Å². The molecule has 0 aromatic heterocycles. The number of hydrogen-bond donors (Lipinski definition) is 0. The second-order valence-corrected chi connectivity index (χ2v) is 28.1. The van der Waals surface area contributed by atoms with Gasteiger partial charge in [-0.3, -0.25) is 4.90 Å². The Hall–Kier alpha value is 1.84. The van der Waals surface area contributed by atoms with Crippen LogP contribution >= 0.6 is 55.4 Å². The van der Waals surface area contributed by atoms with Gasteiger partial charge in [-0.2, -0.15) is 0 Å². The molecule has 98 valence electrons. The predicted molar refractivity (Wildman–Crippen MR) is 82.6 cm³/mol. The maximum Gasteiger partial charge on any atom is 0.358 e. The summed E-state index contributed by atoms with van der Waals surface area (Å²) in [5, 5.41) is 0. The van der Waals surface area contributed by atoms with Crippen LogP contribution in [0.25, 0.3) is 0 Å². The van der Waals surface area contributed by atoms with Crippen LogP contribution in [-0.4, -0.2) is 35.3 Å². The minimum atomic E-state index is -2.96. The van der Waals surface area contributed by atoms with Crippen LogP contribution in [0, 0.1) is 0 Å². The zero-order valence-electron chi connectivity index (χ0n) is 9.91. The average molecular weight is 362 g/mol. The minimum Gasteiger partial charge on any atom is -0.299 e. The third kappa shape index (κ3) is 5.66. The summed E-state index contributed by atoms with van der Waals surface area (Å²) in [6.45, 7) is 9.34. The highest BCUT2D eigenvalue weighted by Crippen LogP contribution is 2.40. The molecule has 0 saturated heterocycles. The fourth-order valence-corrected chi connectivity index (χ4v) is 6.59. The quantitative estimate of drug-likeness (QED) is 0.487. The van der Waals surface area contributed by atoms with Crippen LogP contribution in [0.5, 0.6) is 0 Å². The van der Waals surface area contributed by atoms with Gasteiger partial charge in [-0.15, -0.1) is 55.4 Å². The van der Waals surface area contributed by atoms with E-state index < -0.39 is 11.7 Å². The summed E-state index contributed by atoms with van der Waals surface area (Å²) in [6, 6.07) is 1.49. The van der Waals surface area contributed by atoms with Crippen molar-refractivity contribution in [3.05, 3.63) is 0 Å². The van der Waals surface area contributed by atoms with Gasteiger partial charge in [-0.05, 0) is 40.3 Å². The molecule has 0 atom stereocenters. The lowest BCUT2D eigenvalue weighted by molar-refractivity contribution is 0.185. The van der Waals surface area contributed by atoms with E-state index in [1.165, 1.54) is 0 Å². The van der Waals surface area contributed by atoms with E-state index in [0.29, 0.717) is 18.1 Å². The first kappa shape index (κ1) is 17.8. The van der Waals surface area contributed by atoms with E-state index >= 15 is 0 Å². The number of halogens is 5. The van der Waals surface area contributed by atoms with E-state index in [4.69, 9.17) is 55.4 Å². The Morgan fingerprint density at radius 2 is 1.25 bits per heavy atom. The molecule has 0 fully saturated rings. The molecule has 8 heteroatoms. The summed E-state index contributed by atoms with van der Waals surface area (Å²) in [7, 11) is 0. The molecule has 0 aliphatic rings. The summed E-state index contributed by atoms with van der Waals surface area (Å²) in [5.74, 6) is 0. The van der Waals surface area contributed by atoms with Crippen LogP contribution in [0.15, 0.2) is 0 Å². The van der Waals surface area contributed by atoms with Gasteiger partial charge in [0.25, 0.3) is 6.21 Å². The molecule has 0 spiro atoms. The van der Waals surface area contributed by atoms with E-state index in [0.717, 1.165) is 6.54 Å². The van der Waals surface area contributed by atoms with Gasteiger partial charge in [0.05, 0.1) is 0 Å². The van der Waals surface area contributed by atoms with Gasteiger partial charge in [-0.25, -0.2) is 0 Å². The molecule has 0 heterocycles. The Balaban J connectivity index is 4.42. The first-order valence-electron chi connectivity index (χ1n) is 5.19. The normalized spacial score (nSPS) is 14.2. The van der Waals surface area contributed by atoms with Crippen molar-refractivity contribution < 1.29 is 0 Å². The van der Waals surface area contributed by atoms with E-state index in [1.54, 1.807) is 0 Å². The second-order valence-electron chi connectivity index (χ2n) is 4.38. The molecule has 1 nitrogen and oxygen atoms in total. The van der Waals surface area contributed by atoms with E-state index in [2.05, 4.69) is 32.6 Å². The average Bonchev–Trinajstić information content (AvgIpc) is 1.99. The fraction of sp³-hybridized carbons (Fsp3) is 1.00. The molecule has 0 aliphatic heterocycles. The largest absolute Gasteiger partial charge is 0.358 e. The zero-order chi connectivity index (χ0) is 13.1. The van der Waals surface area contributed by atoms with Crippen LogP contribution in [-0.2, 0) is 0 Å². The van der Waals surface area contributed by atoms with Crippen molar-refractivity contribution in [3.63, 3.8) is 0 Å². The maximum absolute atomic E-state index is 6.21. The monoisotopic (exact) mass is 359 g/mol. The van der Waals surface area contributed by atoms with Crippen molar-refractivity contribution in [2.45, 2.75) is 45.8 Å². The van der Waals surface area contributed by atoms with Gasteiger partial charge in [0, 0.05) is 12.1 Å². The Kier molecular flexibility index (Phi) is 7.64. The van der Waals surface area contributed by atoms with E-state index in [1.807, 2.05) is 0 Å². The zero-order valence-corrected chi connectivity index (χ0v) is 15.7. The van der Waals surface area contributed by atoms with Gasteiger partial charge in [-0.1, -0.05) is 0 Å². The van der Waals surface area contributed by atoms with E-state index in [9.17, 15) is 0 Å². The lowest BCUT2D eigenvalue weighted by atomic mass is 10.2. The lowest BCUT2D eigenvalue weighted by Crippen LogP contribution is -2.47. The molecular formula is C8H18Cl5NSi2. The van der Waals surface area contributed by atoms with Crippen molar-refractivity contribution in [1.82, 2.24) is 4.90 Å². The number of nitrogens with zero attached hydrogens (tertiary/aromatic N) is 1. The molecule has 0 aromatic rings. The van der Waals surface area contributed by atoms with Crippen molar-refractivity contribution in [1.29, 1.82) is 0 Å². The Morgan fingerprint density at radius 1 is 0.875 bits per heavy atom. The van der Waals surface area contributed by atoms with Crippen molar-refractivity contribution >= 4 is 67.1 Å². The minimum absolute atomic E-state index is 0.440. The molecule has 0 aromatic carbocycles. The molecule has 0 radical (unpaired) electrons. The van der Waals surface area contributed by atoms with Crippen molar-refractivity contribution in [2.24, 2.45) is 0 Å². The highest BCUT2D eigenvalue weighted by Gasteiger charge is 2.52. The van der Waals surface area contributed by atoms with E-state index in [-0.39, 0.29) is 0 Å². The fourth-order valence-electron chi connectivity index (χ4n) is 1.52. The van der Waals surface area contributed by atoms with Gasteiger partial charge in [0.15, 0.2) is 0 Å². The summed E-state index contributed by atoms with van der Waals surface area (Å²) >= 11 is 30.2. The lowest BCUT2D eigenvalue weighted by Gasteiger charge is -2.33. The standard InChI is InChI=1S/C8H18Cl5NSi2/c1-7(2)14(8(3)4)5-6-15(9,10)16(11,12)13/h7-8H,5-6H2,1-4H3. The highest BCUT2D eigenvalue weighted by atomic mass is 35.9. The molecule has 0 saturated carbocycles. The topological polar surface area (TPSA) is 3.24 Å². The molecule has 0 N–H and O–H groups in total. The molecule has 0 unspecified atom stereocenters. The van der Waals surface area contributed by atoms with Crippen LogP contribution in [0.4, 0.5) is 0 Å². The van der Waals surface area contributed by atoms with Crippen LogP contribution in [0.1, 0.15) is 27.7 Å². The Bertz CT molecular complexity index is 209. The first-order valence-corrected chi connectivity index (χ1v) is 15.5. The van der Waals surface area contributed by atoms with Gasteiger partial charge >= 0.3 is 5.52 Å². The van der Waals surface area contributed by atoms with Gasteiger partial charge in [0.1, 0.15) is 0 Å². The maximum atomic E-state index is 6.21. The molecule has 0 aliphatic carbocycles. The Labute approximate surface area is 124 Å². The highest BCUT2D eigenvalue weighted by molar-refractivity contribution is 8.02. The van der Waals surface area contributed by atoms with Crippen LogP contribution in [0.3, 0.4) is 0 Å². The third-order valence-electron chi connectivity index (χ3n) is 2.43. The molecule has 0 amide bonds. The SMILES string of the molecule is CC(C)N(CC[Si](Cl)(Cl)[Si](Cl)(Cl)Cl)C(C)C. The molecular weight excluding hydrogens is 344 g/mol. The smallest absolute Gasteiger partial charge is 0.299 e. The van der Waals surface area contributed by atoms with Crippen LogP contribution in [0.2, 0.25) is 6.04 Å². The van der Waals surface area contributed by atoms with Crippen LogP contribution < -0.4 is 0 Å². The van der Waals surface area contributed by atoms with Gasteiger partial charge < -0.3 is 0 Å². The number of hydrogen-bond acceptors (Lipinski definition) is 1. The molecule has 16 heavy (non-hydrogen) atoms. The van der Waals surface area contributed by atoms with Crippen molar-refractivity contribution in [3.8, 4) is 0 Å². The summed E-state index contributed by atoms with van der Waals surface area (Å²) in [4.78, 5) is 2.30.